The Labute approximate surface area is 279 Å². The van der Waals surface area contributed by atoms with Crippen LogP contribution in [0.2, 0.25) is 0 Å². The fraction of sp³-hybridized carbons (Fsp3) is 0.256. The van der Waals surface area contributed by atoms with Gasteiger partial charge in [-0.3, -0.25) is 14.6 Å². The van der Waals surface area contributed by atoms with Gasteiger partial charge >= 0.3 is 0 Å². The standard InChI is InChI=1S/C39H37N3O6/c1-22-6-10-30-31(18-23(2)41-36(30)24(22)3)39(45)42-16-14-25-19-27-8-11-29(25)37(42)26-7-13-34(46-4)35(20-26)47-17-5-15-40-38(44)32-21-28(48-27)9-12-33(32)43/h6-13,18-21,37,43H,5,14-17H2,1-4H3,(H,40,44). The Hall–Kier alpha value is -5.57. The predicted octanol–water partition coefficient (Wildman–Crippen LogP) is 6.97. The molecule has 48 heavy (non-hydrogen) atoms. The molecule has 0 fully saturated rings. The van der Waals surface area contributed by atoms with E-state index in [2.05, 4.69) is 12.2 Å². The number of benzene rings is 4. The van der Waals surface area contributed by atoms with E-state index < -0.39 is 11.9 Å². The van der Waals surface area contributed by atoms with Crippen molar-refractivity contribution in [1.29, 1.82) is 0 Å². The molecule has 4 aromatic carbocycles. The molecule has 8 rings (SSSR count). The predicted molar refractivity (Wildman–Crippen MR) is 183 cm³/mol. The SMILES string of the molecule is COc1ccc2cc1OCCCNC(=O)c1cc(ccc1O)Oc1ccc3c(c1)CCN(C(=O)c1cc(C)nc4c(C)c(C)ccc14)C23. The molecule has 1 atom stereocenters. The summed E-state index contributed by atoms with van der Waals surface area (Å²) >= 11 is 0. The minimum Gasteiger partial charge on any atom is -0.507 e. The largest absolute Gasteiger partial charge is 0.507 e. The van der Waals surface area contributed by atoms with Crippen molar-refractivity contribution < 1.29 is 28.9 Å². The van der Waals surface area contributed by atoms with Crippen molar-refractivity contribution in [2.45, 2.75) is 39.7 Å². The van der Waals surface area contributed by atoms with Gasteiger partial charge in [-0.15, -0.1) is 0 Å². The molecule has 3 aliphatic heterocycles. The first-order valence-corrected chi connectivity index (χ1v) is 16.1. The highest BCUT2D eigenvalue weighted by Gasteiger charge is 2.34. The number of aromatic nitrogens is 1. The summed E-state index contributed by atoms with van der Waals surface area (Å²) in [5.74, 6) is 1.52. The van der Waals surface area contributed by atoms with Crippen LogP contribution in [0.1, 0.15) is 66.7 Å². The van der Waals surface area contributed by atoms with Crippen LogP contribution in [0.3, 0.4) is 0 Å². The molecule has 9 heteroatoms. The van der Waals surface area contributed by atoms with Gasteiger partial charge in [0.2, 0.25) is 0 Å². The zero-order valence-corrected chi connectivity index (χ0v) is 27.4. The summed E-state index contributed by atoms with van der Waals surface area (Å²) in [6.07, 6.45) is 1.13. The number of aromatic hydroxyl groups is 1. The molecule has 5 aromatic rings. The molecule has 4 heterocycles. The third-order valence-electron chi connectivity index (χ3n) is 9.28. The normalized spacial score (nSPS) is 16.0. The number of phenolic OH excluding ortho intramolecular Hbond substituents is 1. The molecule has 1 aromatic heterocycles. The lowest BCUT2D eigenvalue weighted by Gasteiger charge is -2.38. The van der Waals surface area contributed by atoms with Crippen LogP contribution in [0.25, 0.3) is 10.9 Å². The molecule has 0 spiro atoms. The highest BCUT2D eigenvalue weighted by molar-refractivity contribution is 6.07. The molecule has 244 valence electrons. The maximum Gasteiger partial charge on any atom is 0.255 e. The maximum absolute atomic E-state index is 14.7. The number of ether oxygens (including phenoxy) is 3. The Morgan fingerprint density at radius 2 is 1.81 bits per heavy atom. The van der Waals surface area contributed by atoms with E-state index in [0.29, 0.717) is 61.1 Å². The van der Waals surface area contributed by atoms with Crippen LogP contribution in [0.5, 0.6) is 28.7 Å². The molecule has 8 bridgehead atoms. The van der Waals surface area contributed by atoms with E-state index in [1.807, 2.05) is 73.3 Å². The summed E-state index contributed by atoms with van der Waals surface area (Å²) in [6, 6.07) is 21.8. The van der Waals surface area contributed by atoms with Gasteiger partial charge in [0.05, 0.1) is 36.4 Å². The minimum atomic E-state index is -0.419. The molecule has 0 aliphatic carbocycles. The van der Waals surface area contributed by atoms with Crippen molar-refractivity contribution in [3.8, 4) is 28.7 Å². The number of nitrogens with zero attached hydrogens (tertiary/aromatic N) is 2. The van der Waals surface area contributed by atoms with Crippen LogP contribution in [0.4, 0.5) is 0 Å². The number of methoxy groups -OCH3 is 1. The molecule has 2 N–H and O–H groups in total. The molecule has 1 unspecified atom stereocenters. The van der Waals surface area contributed by atoms with E-state index >= 15 is 0 Å². The summed E-state index contributed by atoms with van der Waals surface area (Å²) < 4.78 is 18.1. The molecule has 3 aliphatic rings. The van der Waals surface area contributed by atoms with Gasteiger partial charge in [-0.05, 0) is 110 Å². The van der Waals surface area contributed by atoms with Gasteiger partial charge in [0, 0.05) is 24.2 Å². The number of fused-ring (bicyclic) bond motifs is 7. The summed E-state index contributed by atoms with van der Waals surface area (Å²) in [5, 5.41) is 14.1. The van der Waals surface area contributed by atoms with Crippen molar-refractivity contribution in [1.82, 2.24) is 15.2 Å². The Morgan fingerprint density at radius 1 is 1.00 bits per heavy atom. The highest BCUT2D eigenvalue weighted by Crippen LogP contribution is 2.42. The van der Waals surface area contributed by atoms with Gasteiger partial charge in [-0.25, -0.2) is 0 Å². The van der Waals surface area contributed by atoms with Crippen molar-refractivity contribution in [3.63, 3.8) is 0 Å². The lowest BCUT2D eigenvalue weighted by atomic mass is 9.87. The summed E-state index contributed by atoms with van der Waals surface area (Å²) in [7, 11) is 1.59. The van der Waals surface area contributed by atoms with E-state index in [4.69, 9.17) is 19.2 Å². The third-order valence-corrected chi connectivity index (χ3v) is 9.28. The first kappa shape index (κ1) is 31.1. The number of pyridine rings is 1. The zero-order valence-electron chi connectivity index (χ0n) is 27.4. The van der Waals surface area contributed by atoms with Crippen LogP contribution in [0, 0.1) is 20.8 Å². The summed E-state index contributed by atoms with van der Waals surface area (Å²) in [4.78, 5) is 34.4. The Bertz CT molecular complexity index is 2090. The van der Waals surface area contributed by atoms with Crippen molar-refractivity contribution in [2.24, 2.45) is 0 Å². The quantitative estimate of drug-likeness (QED) is 0.214. The lowest BCUT2D eigenvalue weighted by Crippen LogP contribution is -2.40. The summed E-state index contributed by atoms with van der Waals surface area (Å²) in [5.41, 5.74) is 7.48. The number of carbonyl (C=O) groups excluding carboxylic acids is 2. The van der Waals surface area contributed by atoms with E-state index in [-0.39, 0.29) is 17.2 Å². The van der Waals surface area contributed by atoms with Crippen molar-refractivity contribution >= 4 is 22.7 Å². The molecule has 2 amide bonds. The lowest BCUT2D eigenvalue weighted by molar-refractivity contribution is 0.0695. The van der Waals surface area contributed by atoms with Crippen LogP contribution in [-0.4, -0.2) is 53.6 Å². The van der Waals surface area contributed by atoms with Gasteiger partial charge in [-0.1, -0.05) is 24.3 Å². The van der Waals surface area contributed by atoms with E-state index in [0.717, 1.165) is 44.4 Å². The maximum atomic E-state index is 14.7. The first-order valence-electron chi connectivity index (χ1n) is 16.1. The van der Waals surface area contributed by atoms with Crippen LogP contribution in [-0.2, 0) is 6.42 Å². The smallest absolute Gasteiger partial charge is 0.255 e. The number of amides is 2. The third kappa shape index (κ3) is 5.65. The minimum absolute atomic E-state index is 0.0717. The van der Waals surface area contributed by atoms with Gasteiger partial charge in [0.15, 0.2) is 11.5 Å². The van der Waals surface area contributed by atoms with Crippen molar-refractivity contribution in [3.05, 3.63) is 117 Å². The number of phenols is 1. The first-order chi connectivity index (χ1) is 23.2. The van der Waals surface area contributed by atoms with Crippen LogP contribution in [0.15, 0.2) is 72.8 Å². The van der Waals surface area contributed by atoms with E-state index in [1.165, 1.54) is 12.1 Å². The average molecular weight is 644 g/mol. The number of hydrogen-bond acceptors (Lipinski definition) is 7. The van der Waals surface area contributed by atoms with Gasteiger partial charge < -0.3 is 29.5 Å². The number of nitrogens with one attached hydrogen (secondary N) is 1. The zero-order chi connectivity index (χ0) is 33.5. The summed E-state index contributed by atoms with van der Waals surface area (Å²) in [6.45, 7) is 7.15. The molecular weight excluding hydrogens is 606 g/mol. The molecule has 0 saturated carbocycles. The van der Waals surface area contributed by atoms with Gasteiger partial charge in [-0.2, -0.15) is 0 Å². The van der Waals surface area contributed by atoms with Crippen LogP contribution < -0.4 is 19.5 Å². The second-order valence-electron chi connectivity index (χ2n) is 12.4. The topological polar surface area (TPSA) is 110 Å². The Balaban J connectivity index is 1.36. The monoisotopic (exact) mass is 643 g/mol. The van der Waals surface area contributed by atoms with E-state index in [9.17, 15) is 14.7 Å². The number of carbonyl (C=O) groups is 2. The fourth-order valence-electron chi connectivity index (χ4n) is 6.66. The molecule has 9 nitrogen and oxygen atoms in total. The fourth-order valence-corrected chi connectivity index (χ4v) is 6.66. The van der Waals surface area contributed by atoms with Crippen LogP contribution >= 0.6 is 0 Å². The van der Waals surface area contributed by atoms with Gasteiger partial charge in [0.25, 0.3) is 11.8 Å². The second-order valence-corrected chi connectivity index (χ2v) is 12.4. The number of aryl methyl sites for hydroxylation is 3. The molecule has 0 radical (unpaired) electrons. The highest BCUT2D eigenvalue weighted by atomic mass is 16.5. The number of hydrogen-bond donors (Lipinski definition) is 2. The Kier molecular flexibility index (Phi) is 8.12. The number of rotatable bonds is 2. The van der Waals surface area contributed by atoms with E-state index in [1.54, 1.807) is 13.2 Å². The molecular formula is C39H37N3O6. The average Bonchev–Trinajstić information content (AvgIpc) is 3.09. The second kappa shape index (κ2) is 12.6. The van der Waals surface area contributed by atoms with Crippen molar-refractivity contribution in [2.75, 3.05) is 26.8 Å². The molecule has 0 saturated heterocycles. The van der Waals surface area contributed by atoms with Gasteiger partial charge in [0.1, 0.15) is 17.2 Å². The Morgan fingerprint density at radius 3 is 2.65 bits per heavy atom.